The molecule has 1 aromatic carbocycles. The Morgan fingerprint density at radius 2 is 2.00 bits per heavy atom. The molecule has 0 saturated heterocycles. The molecule has 0 atom stereocenters. The van der Waals surface area contributed by atoms with Crippen LogP contribution < -0.4 is 5.32 Å². The molecule has 2 heteroatoms. The van der Waals surface area contributed by atoms with Gasteiger partial charge in [0.2, 0.25) is 0 Å². The summed E-state index contributed by atoms with van der Waals surface area (Å²) in [5.74, 6) is 0. The van der Waals surface area contributed by atoms with Crippen LogP contribution in [0.2, 0.25) is 0 Å². The van der Waals surface area contributed by atoms with E-state index in [-0.39, 0.29) is 0 Å². The van der Waals surface area contributed by atoms with E-state index in [9.17, 15) is 0 Å². The highest BCUT2D eigenvalue weighted by molar-refractivity contribution is 5.14. The van der Waals surface area contributed by atoms with Crippen LogP contribution >= 0.6 is 0 Å². The van der Waals surface area contributed by atoms with Crippen LogP contribution in [0.1, 0.15) is 18.4 Å². The minimum Gasteiger partial charge on any atom is -0.381 e. The van der Waals surface area contributed by atoms with E-state index in [1.165, 1.54) is 5.56 Å². The third-order valence-electron chi connectivity index (χ3n) is 2.28. The van der Waals surface area contributed by atoms with Crippen molar-refractivity contribution in [3.05, 3.63) is 48.6 Å². The van der Waals surface area contributed by atoms with Gasteiger partial charge in [-0.1, -0.05) is 36.4 Å². The van der Waals surface area contributed by atoms with E-state index in [2.05, 4.69) is 36.2 Å². The van der Waals surface area contributed by atoms with Gasteiger partial charge in [0.05, 0.1) is 0 Å². The Labute approximate surface area is 98.3 Å². The topological polar surface area (TPSA) is 21.3 Å². The Morgan fingerprint density at radius 1 is 1.19 bits per heavy atom. The maximum Gasteiger partial charge on any atom is 0.0500 e. The summed E-state index contributed by atoms with van der Waals surface area (Å²) in [7, 11) is 0. The second-order valence-corrected chi connectivity index (χ2v) is 3.71. The second kappa shape index (κ2) is 9.13. The molecule has 0 aromatic heterocycles. The van der Waals surface area contributed by atoms with Gasteiger partial charge in [0, 0.05) is 19.8 Å². The van der Waals surface area contributed by atoms with E-state index in [1.54, 1.807) is 0 Å². The summed E-state index contributed by atoms with van der Waals surface area (Å²) in [6.45, 7) is 7.21. The largest absolute Gasteiger partial charge is 0.381 e. The van der Waals surface area contributed by atoms with Crippen molar-refractivity contribution in [1.82, 2.24) is 5.32 Å². The molecule has 1 aromatic rings. The van der Waals surface area contributed by atoms with Crippen molar-refractivity contribution in [3.8, 4) is 0 Å². The van der Waals surface area contributed by atoms with Gasteiger partial charge in [0.1, 0.15) is 0 Å². The molecule has 0 aliphatic rings. The Kier molecular flexibility index (Phi) is 7.39. The lowest BCUT2D eigenvalue weighted by Crippen LogP contribution is -2.16. The third-order valence-corrected chi connectivity index (χ3v) is 2.28. The van der Waals surface area contributed by atoms with Crippen LogP contribution in [0.5, 0.6) is 0 Å². The van der Waals surface area contributed by atoms with Crippen molar-refractivity contribution in [1.29, 1.82) is 0 Å². The van der Waals surface area contributed by atoms with Crippen molar-refractivity contribution in [2.75, 3.05) is 19.8 Å². The molecule has 1 rings (SSSR count). The highest BCUT2D eigenvalue weighted by Crippen LogP contribution is 1.97. The first-order valence-corrected chi connectivity index (χ1v) is 5.87. The van der Waals surface area contributed by atoms with Gasteiger partial charge in [0.25, 0.3) is 0 Å². The molecule has 0 fully saturated rings. The Hall–Kier alpha value is -1.12. The summed E-state index contributed by atoms with van der Waals surface area (Å²) >= 11 is 0. The van der Waals surface area contributed by atoms with Gasteiger partial charge in [-0.05, 0) is 24.9 Å². The molecule has 0 unspecified atom stereocenters. The summed E-state index contributed by atoms with van der Waals surface area (Å²) in [6, 6.07) is 10.4. The van der Waals surface area contributed by atoms with Gasteiger partial charge in [-0.3, -0.25) is 0 Å². The van der Waals surface area contributed by atoms with E-state index in [4.69, 9.17) is 4.74 Å². The van der Waals surface area contributed by atoms with Crippen molar-refractivity contribution < 1.29 is 4.74 Å². The van der Waals surface area contributed by atoms with Gasteiger partial charge < -0.3 is 10.1 Å². The average molecular weight is 219 g/mol. The van der Waals surface area contributed by atoms with Crippen LogP contribution in [0, 0.1) is 0 Å². The van der Waals surface area contributed by atoms with Crippen LogP contribution in [0.4, 0.5) is 0 Å². The number of hydrogen-bond acceptors (Lipinski definition) is 2. The molecule has 2 nitrogen and oxygen atoms in total. The monoisotopic (exact) mass is 219 g/mol. The highest BCUT2D eigenvalue weighted by Gasteiger charge is 1.91. The zero-order chi connectivity index (χ0) is 11.5. The van der Waals surface area contributed by atoms with Crippen LogP contribution in [0.25, 0.3) is 0 Å². The molecular weight excluding hydrogens is 198 g/mol. The highest BCUT2D eigenvalue weighted by atomic mass is 16.5. The SMILES string of the molecule is C=CCCOCCCNCc1ccccc1. The molecule has 0 amide bonds. The predicted molar refractivity (Wildman–Crippen MR) is 68.4 cm³/mol. The molecule has 0 heterocycles. The molecule has 0 aliphatic heterocycles. The molecule has 0 radical (unpaired) electrons. The maximum atomic E-state index is 5.42. The van der Waals surface area contributed by atoms with Crippen molar-refractivity contribution in [2.45, 2.75) is 19.4 Å². The fraction of sp³-hybridized carbons (Fsp3) is 0.429. The Bertz CT molecular complexity index is 271. The summed E-state index contributed by atoms with van der Waals surface area (Å²) in [4.78, 5) is 0. The lowest BCUT2D eigenvalue weighted by Gasteiger charge is -2.05. The number of nitrogens with one attached hydrogen (secondary N) is 1. The zero-order valence-electron chi connectivity index (χ0n) is 9.82. The van der Waals surface area contributed by atoms with Gasteiger partial charge in [-0.2, -0.15) is 0 Å². The first-order chi connectivity index (χ1) is 7.93. The fourth-order valence-corrected chi connectivity index (χ4v) is 1.40. The third kappa shape index (κ3) is 6.38. The van der Waals surface area contributed by atoms with Gasteiger partial charge in [0.15, 0.2) is 0 Å². The standard InChI is InChI=1S/C14H21NO/c1-2-3-11-16-12-7-10-15-13-14-8-5-4-6-9-14/h2,4-6,8-9,15H,1,3,7,10-13H2. The van der Waals surface area contributed by atoms with Crippen molar-refractivity contribution in [3.63, 3.8) is 0 Å². The van der Waals surface area contributed by atoms with Crippen LogP contribution in [0.15, 0.2) is 43.0 Å². The van der Waals surface area contributed by atoms with Crippen LogP contribution in [0.3, 0.4) is 0 Å². The summed E-state index contributed by atoms with van der Waals surface area (Å²) < 4.78 is 5.42. The predicted octanol–water partition coefficient (Wildman–Crippen LogP) is 2.76. The fourth-order valence-electron chi connectivity index (χ4n) is 1.40. The molecule has 0 bridgehead atoms. The normalized spacial score (nSPS) is 10.2. The van der Waals surface area contributed by atoms with Crippen molar-refractivity contribution in [2.24, 2.45) is 0 Å². The Morgan fingerprint density at radius 3 is 2.75 bits per heavy atom. The number of benzene rings is 1. The number of ether oxygens (including phenoxy) is 1. The number of rotatable bonds is 9. The van der Waals surface area contributed by atoms with Gasteiger partial charge in [-0.25, -0.2) is 0 Å². The van der Waals surface area contributed by atoms with Crippen LogP contribution in [-0.4, -0.2) is 19.8 Å². The summed E-state index contributed by atoms with van der Waals surface area (Å²) in [5, 5.41) is 3.39. The second-order valence-electron chi connectivity index (χ2n) is 3.71. The molecule has 0 aliphatic carbocycles. The quantitative estimate of drug-likeness (QED) is 0.509. The van der Waals surface area contributed by atoms with Gasteiger partial charge >= 0.3 is 0 Å². The number of hydrogen-bond donors (Lipinski definition) is 1. The molecule has 16 heavy (non-hydrogen) atoms. The zero-order valence-corrected chi connectivity index (χ0v) is 9.82. The molecular formula is C14H21NO. The molecule has 88 valence electrons. The summed E-state index contributed by atoms with van der Waals surface area (Å²) in [5.41, 5.74) is 1.33. The average Bonchev–Trinajstić information content (AvgIpc) is 2.34. The first kappa shape index (κ1) is 12.9. The van der Waals surface area contributed by atoms with Crippen molar-refractivity contribution >= 4 is 0 Å². The molecule has 1 N–H and O–H groups in total. The van der Waals surface area contributed by atoms with E-state index in [0.29, 0.717) is 0 Å². The van der Waals surface area contributed by atoms with Gasteiger partial charge in [-0.15, -0.1) is 6.58 Å². The van der Waals surface area contributed by atoms with E-state index < -0.39 is 0 Å². The lowest BCUT2D eigenvalue weighted by atomic mass is 10.2. The van der Waals surface area contributed by atoms with E-state index in [0.717, 1.165) is 39.1 Å². The minimum atomic E-state index is 0.794. The first-order valence-electron chi connectivity index (χ1n) is 5.87. The molecule has 0 saturated carbocycles. The van der Waals surface area contributed by atoms with Crippen LogP contribution in [-0.2, 0) is 11.3 Å². The summed E-state index contributed by atoms with van der Waals surface area (Å²) in [6.07, 6.45) is 3.88. The smallest absolute Gasteiger partial charge is 0.0500 e. The minimum absolute atomic E-state index is 0.794. The Balaban J connectivity index is 1.90. The maximum absolute atomic E-state index is 5.42. The molecule has 0 spiro atoms. The lowest BCUT2D eigenvalue weighted by molar-refractivity contribution is 0.136. The van der Waals surface area contributed by atoms with E-state index in [1.807, 2.05) is 12.1 Å². The van der Waals surface area contributed by atoms with E-state index >= 15 is 0 Å².